The van der Waals surface area contributed by atoms with Crippen LogP contribution in [0.2, 0.25) is 0 Å². The molecule has 0 radical (unpaired) electrons. The Morgan fingerprint density at radius 3 is 2.48 bits per heavy atom. The topological polar surface area (TPSA) is 62.1 Å². The predicted octanol–water partition coefficient (Wildman–Crippen LogP) is 5.09. The van der Waals surface area contributed by atoms with E-state index in [4.69, 9.17) is 4.74 Å². The van der Waals surface area contributed by atoms with Crippen molar-refractivity contribution < 1.29 is 18.3 Å². The number of amides is 1. The number of hydrogen-bond donors (Lipinski definition) is 1. The third kappa shape index (κ3) is 5.27. The molecule has 29 heavy (non-hydrogen) atoms. The van der Waals surface area contributed by atoms with E-state index in [1.54, 1.807) is 30.3 Å². The van der Waals surface area contributed by atoms with Gasteiger partial charge in [0.1, 0.15) is 35.6 Å². The molecule has 6 heteroatoms. The number of nitriles is 1. The second-order valence-corrected chi connectivity index (χ2v) is 6.06. The van der Waals surface area contributed by atoms with Crippen molar-refractivity contribution in [1.29, 1.82) is 5.26 Å². The van der Waals surface area contributed by atoms with E-state index >= 15 is 0 Å². The van der Waals surface area contributed by atoms with Crippen LogP contribution < -0.4 is 10.1 Å². The fourth-order valence-corrected chi connectivity index (χ4v) is 2.55. The number of hydrogen-bond acceptors (Lipinski definition) is 3. The van der Waals surface area contributed by atoms with Gasteiger partial charge in [0.05, 0.1) is 5.69 Å². The van der Waals surface area contributed by atoms with Crippen LogP contribution in [0.5, 0.6) is 5.75 Å². The zero-order chi connectivity index (χ0) is 20.6. The fourth-order valence-electron chi connectivity index (χ4n) is 2.55. The van der Waals surface area contributed by atoms with E-state index in [0.717, 1.165) is 17.7 Å². The van der Waals surface area contributed by atoms with E-state index in [0.29, 0.717) is 24.0 Å². The Labute approximate surface area is 166 Å². The van der Waals surface area contributed by atoms with E-state index in [1.165, 1.54) is 6.08 Å². The maximum atomic E-state index is 13.8. The number of nitrogens with one attached hydrogen (secondary N) is 1. The van der Waals surface area contributed by atoms with Crippen molar-refractivity contribution >= 4 is 17.7 Å². The van der Waals surface area contributed by atoms with Gasteiger partial charge in [-0.1, -0.05) is 48.5 Å². The van der Waals surface area contributed by atoms with Gasteiger partial charge in [-0.2, -0.15) is 5.26 Å². The van der Waals surface area contributed by atoms with Gasteiger partial charge in [-0.25, -0.2) is 8.78 Å². The molecule has 0 fully saturated rings. The Balaban J connectivity index is 1.79. The number of para-hydroxylation sites is 1. The molecule has 1 amide bonds. The molecule has 0 unspecified atom stereocenters. The lowest BCUT2D eigenvalue weighted by molar-refractivity contribution is -0.112. The summed E-state index contributed by atoms with van der Waals surface area (Å²) < 4.78 is 32.6. The Kier molecular flexibility index (Phi) is 6.33. The first kappa shape index (κ1) is 19.8. The Morgan fingerprint density at radius 1 is 1.03 bits per heavy atom. The molecule has 4 nitrogen and oxygen atoms in total. The maximum Gasteiger partial charge on any atom is 0.266 e. The molecule has 0 aromatic heterocycles. The molecule has 0 spiro atoms. The fraction of sp³-hybridized carbons (Fsp3) is 0.0435. The summed E-state index contributed by atoms with van der Waals surface area (Å²) in [4.78, 5) is 12.4. The lowest BCUT2D eigenvalue weighted by atomic mass is 10.1. The summed E-state index contributed by atoms with van der Waals surface area (Å²) in [6.07, 6.45) is 1.36. The normalized spacial score (nSPS) is 10.9. The standard InChI is InChI=1S/C23H16F2N2O2/c24-19-10-11-21(20(25)13-19)27-23(28)18(14-26)12-17-8-4-5-9-22(17)29-15-16-6-2-1-3-7-16/h1-13H,15H2,(H,27,28)/b18-12+. The van der Waals surface area contributed by atoms with E-state index in [-0.39, 0.29) is 11.3 Å². The predicted molar refractivity (Wildman–Crippen MR) is 106 cm³/mol. The number of carbonyl (C=O) groups is 1. The van der Waals surface area contributed by atoms with Gasteiger partial charge in [0.15, 0.2) is 0 Å². The number of nitrogens with zero attached hydrogens (tertiary/aromatic N) is 1. The van der Waals surface area contributed by atoms with Crippen LogP contribution >= 0.6 is 0 Å². The molecule has 0 heterocycles. The minimum absolute atomic E-state index is 0.217. The van der Waals surface area contributed by atoms with Crippen molar-refractivity contribution in [2.24, 2.45) is 0 Å². The zero-order valence-electron chi connectivity index (χ0n) is 15.2. The first-order chi connectivity index (χ1) is 14.1. The molecule has 3 aromatic carbocycles. The highest BCUT2D eigenvalue weighted by atomic mass is 19.1. The summed E-state index contributed by atoms with van der Waals surface area (Å²) in [5.74, 6) is -2.01. The molecule has 0 atom stereocenters. The van der Waals surface area contributed by atoms with E-state index in [1.807, 2.05) is 30.3 Å². The van der Waals surface area contributed by atoms with Crippen molar-refractivity contribution in [3.8, 4) is 11.8 Å². The monoisotopic (exact) mass is 390 g/mol. The van der Waals surface area contributed by atoms with Crippen LogP contribution in [0.3, 0.4) is 0 Å². The van der Waals surface area contributed by atoms with Crippen molar-refractivity contribution in [2.75, 3.05) is 5.32 Å². The number of halogens is 2. The molecule has 0 aliphatic rings. The number of anilines is 1. The largest absolute Gasteiger partial charge is 0.488 e. The molecule has 0 saturated carbocycles. The third-order valence-electron chi connectivity index (χ3n) is 4.00. The molecule has 0 bridgehead atoms. The summed E-state index contributed by atoms with van der Waals surface area (Å²) in [5.41, 5.74) is 1.03. The van der Waals surface area contributed by atoms with Gasteiger partial charge in [0, 0.05) is 11.6 Å². The minimum atomic E-state index is -0.928. The molecule has 0 aliphatic carbocycles. The number of rotatable bonds is 6. The maximum absolute atomic E-state index is 13.8. The molecule has 0 saturated heterocycles. The average Bonchev–Trinajstić information content (AvgIpc) is 2.74. The van der Waals surface area contributed by atoms with Gasteiger partial charge < -0.3 is 10.1 Å². The molecule has 3 aromatic rings. The summed E-state index contributed by atoms with van der Waals surface area (Å²) in [6.45, 7) is 0.320. The SMILES string of the molecule is N#C/C(=C\c1ccccc1OCc1ccccc1)C(=O)Nc1ccc(F)cc1F. The molecular formula is C23H16F2N2O2. The molecule has 1 N–H and O–H groups in total. The number of benzene rings is 3. The van der Waals surface area contributed by atoms with Crippen LogP contribution in [0.4, 0.5) is 14.5 Å². The molecule has 3 rings (SSSR count). The summed E-state index contributed by atoms with van der Waals surface area (Å²) in [6, 6.07) is 21.0. The van der Waals surface area contributed by atoms with Gasteiger partial charge >= 0.3 is 0 Å². The van der Waals surface area contributed by atoms with Crippen LogP contribution in [0.15, 0.2) is 78.4 Å². The second kappa shape index (κ2) is 9.29. The lowest BCUT2D eigenvalue weighted by Gasteiger charge is -2.10. The molecule has 144 valence electrons. The Bertz CT molecular complexity index is 1090. The van der Waals surface area contributed by atoms with Crippen molar-refractivity contribution in [1.82, 2.24) is 0 Å². The van der Waals surface area contributed by atoms with Gasteiger partial charge in [-0.3, -0.25) is 4.79 Å². The van der Waals surface area contributed by atoms with Crippen LogP contribution in [-0.2, 0) is 11.4 Å². The first-order valence-corrected chi connectivity index (χ1v) is 8.71. The van der Waals surface area contributed by atoms with Crippen LogP contribution in [0, 0.1) is 23.0 Å². The van der Waals surface area contributed by atoms with Crippen LogP contribution in [0.25, 0.3) is 6.08 Å². The molecular weight excluding hydrogens is 374 g/mol. The zero-order valence-corrected chi connectivity index (χ0v) is 15.2. The second-order valence-electron chi connectivity index (χ2n) is 6.06. The van der Waals surface area contributed by atoms with Gasteiger partial charge in [0.2, 0.25) is 0 Å². The molecule has 0 aliphatic heterocycles. The highest BCUT2D eigenvalue weighted by molar-refractivity contribution is 6.09. The highest BCUT2D eigenvalue weighted by Gasteiger charge is 2.14. The van der Waals surface area contributed by atoms with E-state index in [9.17, 15) is 18.8 Å². The highest BCUT2D eigenvalue weighted by Crippen LogP contribution is 2.23. The lowest BCUT2D eigenvalue weighted by Crippen LogP contribution is -2.14. The van der Waals surface area contributed by atoms with Gasteiger partial charge in [-0.05, 0) is 29.8 Å². The van der Waals surface area contributed by atoms with Crippen molar-refractivity contribution in [3.05, 3.63) is 101 Å². The Morgan fingerprint density at radius 2 is 1.76 bits per heavy atom. The smallest absolute Gasteiger partial charge is 0.266 e. The summed E-state index contributed by atoms with van der Waals surface area (Å²) in [5, 5.41) is 11.6. The Hall–Kier alpha value is -3.98. The van der Waals surface area contributed by atoms with Crippen LogP contribution in [-0.4, -0.2) is 5.91 Å². The summed E-state index contributed by atoms with van der Waals surface area (Å²) >= 11 is 0. The minimum Gasteiger partial charge on any atom is -0.488 e. The first-order valence-electron chi connectivity index (χ1n) is 8.71. The third-order valence-corrected chi connectivity index (χ3v) is 4.00. The van der Waals surface area contributed by atoms with Gasteiger partial charge in [-0.15, -0.1) is 0 Å². The van der Waals surface area contributed by atoms with Gasteiger partial charge in [0.25, 0.3) is 5.91 Å². The quantitative estimate of drug-likeness (QED) is 0.471. The van der Waals surface area contributed by atoms with Crippen LogP contribution in [0.1, 0.15) is 11.1 Å². The van der Waals surface area contributed by atoms with Crippen molar-refractivity contribution in [2.45, 2.75) is 6.61 Å². The number of carbonyl (C=O) groups excluding carboxylic acids is 1. The van der Waals surface area contributed by atoms with E-state index < -0.39 is 17.5 Å². The van der Waals surface area contributed by atoms with Crippen molar-refractivity contribution in [3.63, 3.8) is 0 Å². The number of ether oxygens (including phenoxy) is 1. The summed E-state index contributed by atoms with van der Waals surface area (Å²) in [7, 11) is 0. The average molecular weight is 390 g/mol. The van der Waals surface area contributed by atoms with E-state index in [2.05, 4.69) is 5.32 Å².